The summed E-state index contributed by atoms with van der Waals surface area (Å²) in [5, 5.41) is 0.733. The van der Waals surface area contributed by atoms with Crippen LogP contribution < -0.4 is 0 Å². The van der Waals surface area contributed by atoms with Gasteiger partial charge >= 0.3 is 0 Å². The van der Waals surface area contributed by atoms with Crippen LogP contribution in [-0.4, -0.2) is 46.5 Å². The molecule has 0 atom stereocenters. The summed E-state index contributed by atoms with van der Waals surface area (Å²) in [6.07, 6.45) is 1.61. The molecule has 0 unspecified atom stereocenters. The van der Waals surface area contributed by atoms with Crippen molar-refractivity contribution in [3.05, 3.63) is 94.6 Å². The van der Waals surface area contributed by atoms with E-state index in [0.29, 0.717) is 30.9 Å². The molecule has 0 radical (unpaired) electrons. The zero-order chi connectivity index (χ0) is 22.1. The van der Waals surface area contributed by atoms with Gasteiger partial charge in [0.15, 0.2) is 5.58 Å². The van der Waals surface area contributed by atoms with Crippen molar-refractivity contribution in [1.29, 1.82) is 0 Å². The van der Waals surface area contributed by atoms with Gasteiger partial charge in [-0.3, -0.25) is 9.69 Å². The molecule has 0 aliphatic carbocycles. The molecule has 2 aromatic carbocycles. The third-order valence-corrected chi connectivity index (χ3v) is 6.20. The van der Waals surface area contributed by atoms with E-state index < -0.39 is 0 Å². The SMILES string of the molecule is O=C(c1cc2occc2n1Cc1cccc(F)c1)N1CCN(Cc2ccc(Cl)cc2)CC1. The highest BCUT2D eigenvalue weighted by Crippen LogP contribution is 2.24. The Morgan fingerprint density at radius 1 is 0.938 bits per heavy atom. The molecule has 0 saturated carbocycles. The van der Waals surface area contributed by atoms with Gasteiger partial charge in [0.2, 0.25) is 0 Å². The standard InChI is InChI=1S/C25H23ClFN3O2/c26-20-6-4-18(5-7-20)16-28-9-11-29(12-10-28)25(31)23-15-24-22(8-13-32-24)30(23)17-19-2-1-3-21(27)14-19/h1-8,13-15H,9-12,16-17H2. The van der Waals surface area contributed by atoms with Crippen molar-refractivity contribution >= 4 is 28.6 Å². The molecule has 1 fully saturated rings. The molecule has 1 aliphatic rings. The first-order chi connectivity index (χ1) is 15.6. The molecule has 0 bridgehead atoms. The Labute approximate surface area is 190 Å². The molecule has 5 nitrogen and oxygen atoms in total. The van der Waals surface area contributed by atoms with Gasteiger partial charge in [0, 0.05) is 56.4 Å². The average molecular weight is 452 g/mol. The summed E-state index contributed by atoms with van der Waals surface area (Å²) in [7, 11) is 0. The predicted molar refractivity (Wildman–Crippen MR) is 122 cm³/mol. The van der Waals surface area contributed by atoms with Crippen molar-refractivity contribution in [3.8, 4) is 0 Å². The number of benzene rings is 2. The van der Waals surface area contributed by atoms with E-state index in [1.54, 1.807) is 18.4 Å². The maximum Gasteiger partial charge on any atom is 0.270 e. The Balaban J connectivity index is 1.31. The molecule has 5 rings (SSSR count). The molecular formula is C25H23ClFN3O2. The molecule has 0 N–H and O–H groups in total. The Hall–Kier alpha value is -3.09. The van der Waals surface area contributed by atoms with Crippen LogP contribution in [0.5, 0.6) is 0 Å². The third kappa shape index (κ3) is 4.29. The number of aromatic nitrogens is 1. The zero-order valence-corrected chi connectivity index (χ0v) is 18.3. The molecule has 2 aromatic heterocycles. The first kappa shape index (κ1) is 20.8. The summed E-state index contributed by atoms with van der Waals surface area (Å²) in [6, 6.07) is 18.0. The fraction of sp³-hybridized carbons (Fsp3) is 0.240. The summed E-state index contributed by atoms with van der Waals surface area (Å²) in [5.41, 5.74) is 4.06. The first-order valence-electron chi connectivity index (χ1n) is 10.6. The van der Waals surface area contributed by atoms with Crippen molar-refractivity contribution in [2.24, 2.45) is 0 Å². The highest BCUT2D eigenvalue weighted by atomic mass is 35.5. The number of amides is 1. The second kappa shape index (κ2) is 8.81. The summed E-state index contributed by atoms with van der Waals surface area (Å²) in [6.45, 7) is 4.14. The number of nitrogens with zero attached hydrogens (tertiary/aromatic N) is 3. The fourth-order valence-corrected chi connectivity index (χ4v) is 4.39. The van der Waals surface area contributed by atoms with Gasteiger partial charge in [-0.05, 0) is 35.4 Å². The second-order valence-corrected chi connectivity index (χ2v) is 8.55. The maximum absolute atomic E-state index is 13.7. The number of carbonyl (C=O) groups is 1. The molecule has 1 saturated heterocycles. The smallest absolute Gasteiger partial charge is 0.270 e. The number of carbonyl (C=O) groups excluding carboxylic acids is 1. The fourth-order valence-electron chi connectivity index (χ4n) is 4.26. The number of fused-ring (bicyclic) bond motifs is 1. The van der Waals surface area contributed by atoms with E-state index in [4.69, 9.17) is 16.0 Å². The van der Waals surface area contributed by atoms with E-state index in [9.17, 15) is 9.18 Å². The lowest BCUT2D eigenvalue weighted by Crippen LogP contribution is -2.48. The lowest BCUT2D eigenvalue weighted by atomic mass is 10.2. The molecule has 0 spiro atoms. The predicted octanol–water partition coefficient (Wildman–Crippen LogP) is 5.03. The maximum atomic E-state index is 13.7. The van der Waals surface area contributed by atoms with Gasteiger partial charge in [-0.15, -0.1) is 0 Å². The van der Waals surface area contributed by atoms with Gasteiger partial charge in [0.05, 0.1) is 11.8 Å². The van der Waals surface area contributed by atoms with Gasteiger partial charge in [0.25, 0.3) is 5.91 Å². The zero-order valence-electron chi connectivity index (χ0n) is 17.5. The number of piperazine rings is 1. The Kier molecular flexibility index (Phi) is 5.72. The number of furan rings is 1. The number of hydrogen-bond acceptors (Lipinski definition) is 3. The van der Waals surface area contributed by atoms with Crippen molar-refractivity contribution in [2.45, 2.75) is 13.1 Å². The monoisotopic (exact) mass is 451 g/mol. The molecule has 1 amide bonds. The number of halogens is 2. The largest absolute Gasteiger partial charge is 0.463 e. The van der Waals surface area contributed by atoms with E-state index in [0.717, 1.165) is 35.7 Å². The third-order valence-electron chi connectivity index (χ3n) is 5.95. The number of rotatable bonds is 5. The van der Waals surface area contributed by atoms with Gasteiger partial charge in [-0.1, -0.05) is 35.9 Å². The van der Waals surface area contributed by atoms with Crippen LogP contribution in [0.2, 0.25) is 5.02 Å². The Morgan fingerprint density at radius 3 is 2.47 bits per heavy atom. The molecule has 4 aromatic rings. The van der Waals surface area contributed by atoms with Crippen molar-refractivity contribution in [1.82, 2.24) is 14.4 Å². The minimum Gasteiger partial charge on any atom is -0.463 e. The summed E-state index contributed by atoms with van der Waals surface area (Å²) in [5.74, 6) is -0.318. The van der Waals surface area contributed by atoms with Gasteiger partial charge < -0.3 is 13.9 Å². The molecule has 164 valence electrons. The lowest BCUT2D eigenvalue weighted by molar-refractivity contribution is 0.0619. The second-order valence-electron chi connectivity index (χ2n) is 8.11. The van der Waals surface area contributed by atoms with Crippen LogP contribution in [0, 0.1) is 5.82 Å². The van der Waals surface area contributed by atoms with Crippen molar-refractivity contribution < 1.29 is 13.6 Å². The van der Waals surface area contributed by atoms with Gasteiger partial charge in [-0.2, -0.15) is 0 Å². The average Bonchev–Trinajstić information content (AvgIpc) is 3.38. The van der Waals surface area contributed by atoms with Crippen LogP contribution in [0.3, 0.4) is 0 Å². The van der Waals surface area contributed by atoms with Crippen LogP contribution in [0.15, 0.2) is 71.3 Å². The highest BCUT2D eigenvalue weighted by molar-refractivity contribution is 6.30. The highest BCUT2D eigenvalue weighted by Gasteiger charge is 2.26. The van der Waals surface area contributed by atoms with Crippen LogP contribution >= 0.6 is 11.6 Å². The van der Waals surface area contributed by atoms with Gasteiger partial charge in [-0.25, -0.2) is 4.39 Å². The van der Waals surface area contributed by atoms with Crippen LogP contribution in [0.4, 0.5) is 4.39 Å². The van der Waals surface area contributed by atoms with E-state index in [2.05, 4.69) is 4.90 Å². The summed E-state index contributed by atoms with van der Waals surface area (Å²) >= 11 is 5.97. The summed E-state index contributed by atoms with van der Waals surface area (Å²) < 4.78 is 21.2. The van der Waals surface area contributed by atoms with Crippen molar-refractivity contribution in [2.75, 3.05) is 26.2 Å². The minimum atomic E-state index is -0.289. The van der Waals surface area contributed by atoms with Crippen LogP contribution in [0.25, 0.3) is 11.1 Å². The van der Waals surface area contributed by atoms with E-state index >= 15 is 0 Å². The molecule has 7 heteroatoms. The van der Waals surface area contributed by atoms with Crippen molar-refractivity contribution in [3.63, 3.8) is 0 Å². The lowest BCUT2D eigenvalue weighted by Gasteiger charge is -2.35. The molecule has 3 heterocycles. The topological polar surface area (TPSA) is 41.6 Å². The quantitative estimate of drug-likeness (QED) is 0.427. The minimum absolute atomic E-state index is 0.0288. The Morgan fingerprint density at radius 2 is 1.72 bits per heavy atom. The Bertz CT molecular complexity index is 1240. The number of hydrogen-bond donors (Lipinski definition) is 0. The van der Waals surface area contributed by atoms with Crippen LogP contribution in [0.1, 0.15) is 21.6 Å². The van der Waals surface area contributed by atoms with E-state index in [1.807, 2.05) is 45.9 Å². The molecular weight excluding hydrogens is 429 g/mol. The van der Waals surface area contributed by atoms with E-state index in [1.165, 1.54) is 17.7 Å². The summed E-state index contributed by atoms with van der Waals surface area (Å²) in [4.78, 5) is 17.6. The molecule has 1 aliphatic heterocycles. The van der Waals surface area contributed by atoms with E-state index in [-0.39, 0.29) is 11.7 Å². The molecule has 32 heavy (non-hydrogen) atoms. The van der Waals surface area contributed by atoms with Gasteiger partial charge in [0.1, 0.15) is 11.5 Å². The normalized spacial score (nSPS) is 14.9. The first-order valence-corrected chi connectivity index (χ1v) is 11.0. The van der Waals surface area contributed by atoms with Crippen LogP contribution in [-0.2, 0) is 13.1 Å².